The second-order valence-corrected chi connectivity index (χ2v) is 22.7. The molecule has 0 amide bonds. The molecule has 12 aromatic carbocycles. The number of nitrogens with zero attached hydrogens (tertiary/aromatic N) is 6. The van der Waals surface area contributed by atoms with Crippen molar-refractivity contribution in [2.75, 3.05) is 0 Å². The van der Waals surface area contributed by atoms with Crippen LogP contribution in [0.5, 0.6) is 0 Å². The summed E-state index contributed by atoms with van der Waals surface area (Å²) in [7, 11) is 0. The van der Waals surface area contributed by atoms with Crippen LogP contribution in [0.15, 0.2) is 309 Å². The highest BCUT2D eigenvalue weighted by molar-refractivity contribution is 6.12. The predicted octanol–water partition coefficient (Wildman–Crippen LogP) is 20.7. The average Bonchev–Trinajstić information content (AvgIpc) is 1.79. The molecule has 0 unspecified atom stereocenters. The summed E-state index contributed by atoms with van der Waals surface area (Å²) in [5.41, 5.74) is 23.8. The van der Waals surface area contributed by atoms with E-state index in [-0.39, 0.29) is 0 Å². The summed E-state index contributed by atoms with van der Waals surface area (Å²) in [4.78, 5) is 15.2. The monoisotopic (exact) mass is 1120 g/mol. The lowest BCUT2D eigenvalue weighted by Gasteiger charge is -2.13. The Labute approximate surface area is 509 Å². The van der Waals surface area contributed by atoms with Gasteiger partial charge in [-0.25, -0.2) is 15.0 Å². The number of aromatic nitrogens is 6. The van der Waals surface area contributed by atoms with Gasteiger partial charge in [0.15, 0.2) is 17.5 Å². The second kappa shape index (κ2) is 21.1. The van der Waals surface area contributed by atoms with Gasteiger partial charge in [0.25, 0.3) is 0 Å². The van der Waals surface area contributed by atoms with Crippen LogP contribution in [0, 0.1) is 0 Å². The standard InChI is InChI=1S/C82H54N6/c1-5-17-54(18-6-1)56-35-46-70-68-25-13-15-27-74(68)86(76(70)50-39-56)65-40-29-57(30-41-65)63-37-48-72-73-49-38-64(58-31-42-66(43-32-58)87-75-28-16-14-26-69(75)71-47-36-62(51-77(71)87)55-19-7-2-8-20-55)53-79(73)88(78(72)52-63)67-44-33-61(34-45-67)82-84-80(59-21-9-3-10-22-59)83-81(85-82)60-23-11-4-12-24-60/h1-49,51-53H,50H2. The minimum Gasteiger partial charge on any atom is -0.313 e. The Bertz CT molecular complexity index is 5350. The maximum Gasteiger partial charge on any atom is 0.164 e. The zero-order chi connectivity index (χ0) is 58.1. The number of para-hydroxylation sites is 2. The molecule has 0 fully saturated rings. The summed E-state index contributed by atoms with van der Waals surface area (Å²) in [5.74, 6) is 1.88. The number of hydrogen-bond acceptors (Lipinski definition) is 3. The first kappa shape index (κ1) is 50.8. The molecule has 0 atom stereocenters. The third kappa shape index (κ3) is 8.77. The predicted molar refractivity (Wildman–Crippen MR) is 365 cm³/mol. The molecule has 0 aliphatic heterocycles. The second-order valence-electron chi connectivity index (χ2n) is 22.7. The molecule has 0 saturated carbocycles. The third-order valence-electron chi connectivity index (χ3n) is 17.6. The first-order valence-electron chi connectivity index (χ1n) is 30.0. The van der Waals surface area contributed by atoms with Crippen molar-refractivity contribution in [3.63, 3.8) is 0 Å². The molecule has 1 aliphatic carbocycles. The summed E-state index contributed by atoms with van der Waals surface area (Å²) in [5, 5.41) is 6.09. The van der Waals surface area contributed by atoms with Crippen LogP contribution in [0.25, 0.3) is 151 Å². The van der Waals surface area contributed by atoms with Gasteiger partial charge in [-0.2, -0.15) is 0 Å². The van der Waals surface area contributed by atoms with Crippen LogP contribution < -0.4 is 0 Å². The molecule has 0 saturated heterocycles. The summed E-state index contributed by atoms with van der Waals surface area (Å²) in [6, 6.07) is 107. The number of fused-ring (bicyclic) bond motifs is 9. The van der Waals surface area contributed by atoms with Gasteiger partial charge in [-0.1, -0.05) is 237 Å². The van der Waals surface area contributed by atoms with E-state index in [1.807, 2.05) is 60.7 Å². The van der Waals surface area contributed by atoms with Crippen LogP contribution in [0.4, 0.5) is 0 Å². The van der Waals surface area contributed by atoms with Gasteiger partial charge in [0.1, 0.15) is 0 Å². The van der Waals surface area contributed by atoms with Gasteiger partial charge in [0.05, 0.1) is 27.6 Å². The molecule has 88 heavy (non-hydrogen) atoms. The van der Waals surface area contributed by atoms with E-state index in [2.05, 4.69) is 269 Å². The van der Waals surface area contributed by atoms with Crippen LogP contribution in [0.1, 0.15) is 16.8 Å². The number of hydrogen-bond donors (Lipinski definition) is 0. The largest absolute Gasteiger partial charge is 0.313 e. The van der Waals surface area contributed by atoms with E-state index in [1.165, 1.54) is 77.0 Å². The smallest absolute Gasteiger partial charge is 0.164 e. The first-order valence-corrected chi connectivity index (χ1v) is 30.0. The van der Waals surface area contributed by atoms with Gasteiger partial charge in [0.2, 0.25) is 0 Å². The number of rotatable bonds is 10. The van der Waals surface area contributed by atoms with E-state index in [0.717, 1.165) is 73.5 Å². The quantitative estimate of drug-likeness (QED) is 0.137. The van der Waals surface area contributed by atoms with Crippen LogP contribution in [-0.4, -0.2) is 28.7 Å². The van der Waals surface area contributed by atoms with E-state index in [0.29, 0.717) is 17.5 Å². The van der Waals surface area contributed by atoms with Gasteiger partial charge < -0.3 is 13.7 Å². The highest BCUT2D eigenvalue weighted by atomic mass is 15.0. The van der Waals surface area contributed by atoms with Crippen molar-refractivity contribution in [1.82, 2.24) is 28.7 Å². The zero-order valence-electron chi connectivity index (χ0n) is 47.9. The topological polar surface area (TPSA) is 53.5 Å². The first-order chi connectivity index (χ1) is 43.6. The summed E-state index contributed by atoms with van der Waals surface area (Å²) in [6.45, 7) is 0. The van der Waals surface area contributed by atoms with Crippen molar-refractivity contribution in [1.29, 1.82) is 0 Å². The molecule has 6 heteroatoms. The average molecular weight is 1120 g/mol. The molecule has 4 aromatic heterocycles. The molecule has 0 bridgehead atoms. The molecular weight excluding hydrogens is 1070 g/mol. The fourth-order valence-corrected chi connectivity index (χ4v) is 13.3. The molecular formula is C82H54N6. The van der Waals surface area contributed by atoms with Gasteiger partial charge in [-0.15, -0.1) is 0 Å². The number of allylic oxidation sites excluding steroid dienone is 3. The summed E-state index contributed by atoms with van der Waals surface area (Å²) < 4.78 is 7.29. The fourth-order valence-electron chi connectivity index (χ4n) is 13.3. The Hall–Kier alpha value is -11.7. The van der Waals surface area contributed by atoms with Crippen molar-refractivity contribution in [2.24, 2.45) is 0 Å². The number of benzene rings is 12. The molecule has 0 radical (unpaired) electrons. The Morgan fingerprint density at radius 3 is 1.05 bits per heavy atom. The summed E-state index contributed by atoms with van der Waals surface area (Å²) in [6.07, 6.45) is 7.76. The van der Waals surface area contributed by atoms with E-state index >= 15 is 0 Å². The molecule has 16 aromatic rings. The van der Waals surface area contributed by atoms with Crippen LogP contribution in [-0.2, 0) is 6.42 Å². The lowest BCUT2D eigenvalue weighted by molar-refractivity contribution is 1.00. The molecule has 0 spiro atoms. The SMILES string of the molecule is C1=Cc2c(n(-c3ccc(-c4ccc5c6ccc(-c7ccc(-n8c9ccccc9c9ccc(-c%10ccccc%10)cc98)cc7)cc6n(-c6ccc(-c7nc(-c8ccccc8)nc(-c8ccccc8)n7)cc6)c5c4)cc3)c3ccccc23)CC=C1c1ccccc1. The van der Waals surface area contributed by atoms with Crippen LogP contribution >= 0.6 is 0 Å². The van der Waals surface area contributed by atoms with Crippen molar-refractivity contribution in [2.45, 2.75) is 6.42 Å². The zero-order valence-corrected chi connectivity index (χ0v) is 47.9. The molecule has 17 rings (SSSR count). The van der Waals surface area contributed by atoms with E-state index in [1.54, 1.807) is 0 Å². The van der Waals surface area contributed by atoms with Crippen molar-refractivity contribution < 1.29 is 0 Å². The molecule has 4 heterocycles. The lowest BCUT2D eigenvalue weighted by atomic mass is 10.0. The minimum absolute atomic E-state index is 0.615. The maximum atomic E-state index is 5.09. The normalized spacial score (nSPS) is 12.3. The summed E-state index contributed by atoms with van der Waals surface area (Å²) >= 11 is 0. The van der Waals surface area contributed by atoms with Crippen LogP contribution in [0.2, 0.25) is 0 Å². The van der Waals surface area contributed by atoms with Gasteiger partial charge >= 0.3 is 0 Å². The van der Waals surface area contributed by atoms with Crippen LogP contribution in [0.3, 0.4) is 0 Å². The maximum absolute atomic E-state index is 5.09. The Balaban J connectivity index is 0.778. The van der Waals surface area contributed by atoms with Crippen molar-refractivity contribution in [3.8, 4) is 84.6 Å². The van der Waals surface area contributed by atoms with Crippen molar-refractivity contribution >= 4 is 66.2 Å². The third-order valence-corrected chi connectivity index (χ3v) is 17.6. The van der Waals surface area contributed by atoms with Gasteiger partial charge in [-0.3, -0.25) is 0 Å². The molecule has 0 N–H and O–H groups in total. The van der Waals surface area contributed by atoms with E-state index in [4.69, 9.17) is 15.0 Å². The van der Waals surface area contributed by atoms with E-state index < -0.39 is 0 Å². The highest BCUT2D eigenvalue weighted by Gasteiger charge is 2.21. The Morgan fingerprint density at radius 2 is 0.568 bits per heavy atom. The molecule has 412 valence electrons. The fraction of sp³-hybridized carbons (Fsp3) is 0.0122. The lowest BCUT2D eigenvalue weighted by Crippen LogP contribution is -2.00. The Kier molecular flexibility index (Phi) is 12.2. The Morgan fingerprint density at radius 1 is 0.239 bits per heavy atom. The minimum atomic E-state index is 0.615. The highest BCUT2D eigenvalue weighted by Crippen LogP contribution is 2.41. The van der Waals surface area contributed by atoms with E-state index in [9.17, 15) is 0 Å². The van der Waals surface area contributed by atoms with Gasteiger partial charge in [-0.05, 0) is 123 Å². The molecule has 6 nitrogen and oxygen atoms in total. The molecule has 1 aliphatic rings. The van der Waals surface area contributed by atoms with Crippen molar-refractivity contribution in [3.05, 3.63) is 326 Å². The van der Waals surface area contributed by atoms with Gasteiger partial charge in [0, 0.05) is 78.4 Å².